The molecule has 106 valence electrons. The summed E-state index contributed by atoms with van der Waals surface area (Å²) in [7, 11) is 2.03. The number of hydrogen-bond acceptors (Lipinski definition) is 1. The van der Waals surface area contributed by atoms with E-state index in [-0.39, 0.29) is 0 Å². The zero-order valence-electron chi connectivity index (χ0n) is 12.8. The van der Waals surface area contributed by atoms with Crippen LogP contribution in [0.5, 0.6) is 0 Å². The fraction of sp³-hybridized carbons (Fsp3) is 0.368. The Kier molecular flexibility index (Phi) is 5.37. The first-order valence-electron chi connectivity index (χ1n) is 7.49. The van der Waals surface area contributed by atoms with Crippen LogP contribution in [0.4, 0.5) is 0 Å². The molecule has 1 N–H and O–H groups in total. The second-order valence-electron chi connectivity index (χ2n) is 5.77. The van der Waals surface area contributed by atoms with Gasteiger partial charge < -0.3 is 5.32 Å². The van der Waals surface area contributed by atoms with E-state index in [1.165, 1.54) is 16.7 Å². The molecule has 0 radical (unpaired) electrons. The smallest absolute Gasteiger partial charge is 0.00203 e. The van der Waals surface area contributed by atoms with Crippen molar-refractivity contribution in [2.75, 3.05) is 13.6 Å². The number of hydrogen-bond donors (Lipinski definition) is 1. The van der Waals surface area contributed by atoms with Gasteiger partial charge in [0.2, 0.25) is 0 Å². The Labute approximate surface area is 123 Å². The van der Waals surface area contributed by atoms with E-state index < -0.39 is 0 Å². The van der Waals surface area contributed by atoms with E-state index >= 15 is 0 Å². The molecule has 0 aromatic heterocycles. The summed E-state index contributed by atoms with van der Waals surface area (Å²) in [5.41, 5.74) is 4.24. The second kappa shape index (κ2) is 7.25. The van der Waals surface area contributed by atoms with Crippen LogP contribution in [0.25, 0.3) is 0 Å². The van der Waals surface area contributed by atoms with Crippen LogP contribution in [-0.2, 0) is 6.42 Å². The number of benzene rings is 2. The van der Waals surface area contributed by atoms with Crippen molar-refractivity contribution in [3.05, 3.63) is 71.3 Å². The van der Waals surface area contributed by atoms with Gasteiger partial charge in [-0.1, -0.05) is 68.4 Å². The highest BCUT2D eigenvalue weighted by atomic mass is 14.8. The van der Waals surface area contributed by atoms with Crippen LogP contribution in [0.3, 0.4) is 0 Å². The van der Waals surface area contributed by atoms with Gasteiger partial charge in [0.05, 0.1) is 0 Å². The average Bonchev–Trinajstić information content (AvgIpc) is 2.48. The predicted octanol–water partition coefficient (Wildman–Crippen LogP) is 4.36. The van der Waals surface area contributed by atoms with Crippen molar-refractivity contribution in [1.29, 1.82) is 0 Å². The van der Waals surface area contributed by atoms with Gasteiger partial charge in [-0.2, -0.15) is 0 Å². The standard InChI is InChI=1S/C19H25N/c1-15(2)17-11-9-16(10-12-17)13-19(14-20-3)18-7-5-4-6-8-18/h4-12,15,19-20H,13-14H2,1-3H3. The van der Waals surface area contributed by atoms with E-state index in [0.29, 0.717) is 11.8 Å². The maximum atomic E-state index is 3.32. The highest BCUT2D eigenvalue weighted by Crippen LogP contribution is 2.22. The van der Waals surface area contributed by atoms with Gasteiger partial charge in [0.15, 0.2) is 0 Å². The second-order valence-corrected chi connectivity index (χ2v) is 5.77. The van der Waals surface area contributed by atoms with E-state index in [4.69, 9.17) is 0 Å². The fourth-order valence-corrected chi connectivity index (χ4v) is 2.60. The zero-order chi connectivity index (χ0) is 14.4. The molecule has 2 rings (SSSR count). The van der Waals surface area contributed by atoms with Crippen molar-refractivity contribution in [3.8, 4) is 0 Å². The molecule has 0 saturated heterocycles. The van der Waals surface area contributed by atoms with Crippen molar-refractivity contribution < 1.29 is 0 Å². The lowest BCUT2D eigenvalue weighted by Crippen LogP contribution is -2.19. The molecule has 0 aliphatic carbocycles. The van der Waals surface area contributed by atoms with Gasteiger partial charge in [-0.15, -0.1) is 0 Å². The molecule has 1 unspecified atom stereocenters. The SMILES string of the molecule is CNCC(Cc1ccc(C(C)C)cc1)c1ccccc1. The van der Waals surface area contributed by atoms with Gasteiger partial charge in [0.25, 0.3) is 0 Å². The van der Waals surface area contributed by atoms with E-state index in [1.54, 1.807) is 0 Å². The minimum atomic E-state index is 0.533. The van der Waals surface area contributed by atoms with Gasteiger partial charge in [-0.25, -0.2) is 0 Å². The normalized spacial score (nSPS) is 12.6. The van der Waals surface area contributed by atoms with E-state index in [9.17, 15) is 0 Å². The molecule has 0 bridgehead atoms. The quantitative estimate of drug-likeness (QED) is 0.820. The molecule has 0 heterocycles. The number of nitrogens with one attached hydrogen (secondary N) is 1. The molecular formula is C19H25N. The lowest BCUT2D eigenvalue weighted by molar-refractivity contribution is 0.625. The Balaban J connectivity index is 2.12. The van der Waals surface area contributed by atoms with Crippen LogP contribution < -0.4 is 5.32 Å². The molecule has 0 saturated carbocycles. The monoisotopic (exact) mass is 267 g/mol. The molecule has 0 spiro atoms. The van der Waals surface area contributed by atoms with E-state index in [2.05, 4.69) is 73.8 Å². The lowest BCUT2D eigenvalue weighted by Gasteiger charge is -2.17. The summed E-state index contributed by atoms with van der Waals surface area (Å²) < 4.78 is 0. The minimum absolute atomic E-state index is 0.533. The van der Waals surface area contributed by atoms with Crippen LogP contribution in [0.15, 0.2) is 54.6 Å². The Morgan fingerprint density at radius 2 is 1.50 bits per heavy atom. The Hall–Kier alpha value is -1.60. The highest BCUT2D eigenvalue weighted by molar-refractivity contribution is 5.28. The number of likely N-dealkylation sites (N-methyl/N-ethyl adjacent to an activating group) is 1. The molecule has 2 aromatic rings. The third-order valence-corrected chi connectivity index (χ3v) is 3.85. The topological polar surface area (TPSA) is 12.0 Å². The van der Waals surface area contributed by atoms with Crippen molar-refractivity contribution in [2.45, 2.75) is 32.1 Å². The Bertz CT molecular complexity index is 499. The third kappa shape index (κ3) is 3.94. The summed E-state index contributed by atoms with van der Waals surface area (Å²) in [5.74, 6) is 1.14. The molecule has 0 aliphatic rings. The molecule has 1 nitrogen and oxygen atoms in total. The highest BCUT2D eigenvalue weighted by Gasteiger charge is 2.11. The lowest BCUT2D eigenvalue weighted by atomic mass is 9.91. The molecule has 20 heavy (non-hydrogen) atoms. The number of rotatable bonds is 6. The van der Waals surface area contributed by atoms with Gasteiger partial charge in [0.1, 0.15) is 0 Å². The molecular weight excluding hydrogens is 242 g/mol. The van der Waals surface area contributed by atoms with Crippen LogP contribution in [0.2, 0.25) is 0 Å². The van der Waals surface area contributed by atoms with Gasteiger partial charge in [0, 0.05) is 12.5 Å². The maximum Gasteiger partial charge on any atom is 0.00203 e. The Morgan fingerprint density at radius 1 is 0.850 bits per heavy atom. The van der Waals surface area contributed by atoms with Crippen LogP contribution in [0.1, 0.15) is 42.4 Å². The van der Waals surface area contributed by atoms with Gasteiger partial charge in [-0.3, -0.25) is 0 Å². The minimum Gasteiger partial charge on any atom is -0.319 e. The van der Waals surface area contributed by atoms with Crippen LogP contribution in [0, 0.1) is 0 Å². The largest absolute Gasteiger partial charge is 0.319 e. The van der Waals surface area contributed by atoms with E-state index in [0.717, 1.165) is 13.0 Å². The fourth-order valence-electron chi connectivity index (χ4n) is 2.60. The molecule has 1 atom stereocenters. The van der Waals surface area contributed by atoms with Crippen molar-refractivity contribution >= 4 is 0 Å². The summed E-state index contributed by atoms with van der Waals surface area (Å²) in [5, 5.41) is 3.32. The third-order valence-electron chi connectivity index (χ3n) is 3.85. The zero-order valence-corrected chi connectivity index (χ0v) is 12.8. The molecule has 0 fully saturated rings. The maximum absolute atomic E-state index is 3.32. The molecule has 0 amide bonds. The summed E-state index contributed by atoms with van der Waals surface area (Å²) in [6.07, 6.45) is 1.09. The summed E-state index contributed by atoms with van der Waals surface area (Å²) >= 11 is 0. The van der Waals surface area contributed by atoms with E-state index in [1.807, 2.05) is 7.05 Å². The molecule has 2 aromatic carbocycles. The van der Waals surface area contributed by atoms with Gasteiger partial charge >= 0.3 is 0 Å². The Morgan fingerprint density at radius 3 is 2.05 bits per heavy atom. The van der Waals surface area contributed by atoms with Crippen molar-refractivity contribution in [2.24, 2.45) is 0 Å². The molecule has 1 heteroatoms. The van der Waals surface area contributed by atoms with Crippen LogP contribution >= 0.6 is 0 Å². The first kappa shape index (κ1) is 14.8. The molecule has 0 aliphatic heterocycles. The van der Waals surface area contributed by atoms with Crippen LogP contribution in [-0.4, -0.2) is 13.6 Å². The summed E-state index contributed by atoms with van der Waals surface area (Å²) in [4.78, 5) is 0. The summed E-state index contributed by atoms with van der Waals surface area (Å²) in [6, 6.07) is 19.9. The predicted molar refractivity (Wildman–Crippen MR) is 87.3 cm³/mol. The average molecular weight is 267 g/mol. The van der Waals surface area contributed by atoms with Gasteiger partial charge in [-0.05, 0) is 36.1 Å². The van der Waals surface area contributed by atoms with Crippen molar-refractivity contribution in [3.63, 3.8) is 0 Å². The first-order valence-corrected chi connectivity index (χ1v) is 7.49. The first-order chi connectivity index (χ1) is 9.70. The summed E-state index contributed by atoms with van der Waals surface area (Å²) in [6.45, 7) is 5.49. The van der Waals surface area contributed by atoms with Crippen molar-refractivity contribution in [1.82, 2.24) is 5.32 Å².